The SMILES string of the molecule is CC(=O)N1CC[C@@H](CN2CC[C@H](Cc3cn(-c4ccc(F)cc4C(=O)N(C)C(C)C)c4cncc(C)c34)C2)C1. The third-order valence-corrected chi connectivity index (χ3v) is 8.65. The van der Waals surface area contributed by atoms with Crippen molar-refractivity contribution in [1.29, 1.82) is 0 Å². The molecule has 39 heavy (non-hydrogen) atoms. The summed E-state index contributed by atoms with van der Waals surface area (Å²) < 4.78 is 16.4. The van der Waals surface area contributed by atoms with Gasteiger partial charge in [0, 0.05) is 64.0 Å². The largest absolute Gasteiger partial charge is 0.343 e. The van der Waals surface area contributed by atoms with E-state index < -0.39 is 5.82 Å². The molecule has 0 unspecified atom stereocenters. The van der Waals surface area contributed by atoms with Crippen LogP contribution in [0.1, 0.15) is 55.1 Å². The van der Waals surface area contributed by atoms with E-state index in [-0.39, 0.29) is 17.9 Å². The lowest BCUT2D eigenvalue weighted by Gasteiger charge is -2.23. The van der Waals surface area contributed by atoms with E-state index in [1.165, 1.54) is 17.7 Å². The van der Waals surface area contributed by atoms with Gasteiger partial charge in [0.25, 0.3) is 5.91 Å². The average molecular weight is 534 g/mol. The molecule has 0 aliphatic carbocycles. The number of aromatic nitrogens is 2. The quantitative estimate of drug-likeness (QED) is 0.442. The molecule has 2 aliphatic heterocycles. The van der Waals surface area contributed by atoms with E-state index in [1.807, 2.05) is 35.7 Å². The molecule has 4 heterocycles. The molecule has 2 saturated heterocycles. The number of halogens is 1. The summed E-state index contributed by atoms with van der Waals surface area (Å²) in [5.41, 5.74) is 4.28. The van der Waals surface area contributed by atoms with Crippen molar-refractivity contribution in [2.24, 2.45) is 11.8 Å². The molecule has 208 valence electrons. The van der Waals surface area contributed by atoms with Gasteiger partial charge in [0.05, 0.1) is 23.0 Å². The van der Waals surface area contributed by atoms with Gasteiger partial charge in [-0.3, -0.25) is 14.6 Å². The summed E-state index contributed by atoms with van der Waals surface area (Å²) in [5.74, 6) is 0.639. The number of aryl methyl sites for hydroxylation is 1. The zero-order valence-electron chi connectivity index (χ0n) is 23.8. The van der Waals surface area contributed by atoms with E-state index in [4.69, 9.17) is 0 Å². The lowest BCUT2D eigenvalue weighted by molar-refractivity contribution is -0.127. The number of nitrogens with zero attached hydrogens (tertiary/aromatic N) is 5. The zero-order chi connectivity index (χ0) is 27.8. The van der Waals surface area contributed by atoms with Gasteiger partial charge in [0.15, 0.2) is 0 Å². The van der Waals surface area contributed by atoms with E-state index in [9.17, 15) is 14.0 Å². The van der Waals surface area contributed by atoms with E-state index >= 15 is 0 Å². The molecule has 0 N–H and O–H groups in total. The molecule has 1 aromatic carbocycles. The Morgan fingerprint density at radius 3 is 2.62 bits per heavy atom. The van der Waals surface area contributed by atoms with Gasteiger partial charge in [-0.15, -0.1) is 0 Å². The number of hydrogen-bond acceptors (Lipinski definition) is 4. The van der Waals surface area contributed by atoms with E-state index in [0.717, 1.165) is 68.5 Å². The number of likely N-dealkylation sites (tertiary alicyclic amines) is 2. The molecule has 2 aliphatic rings. The fourth-order valence-electron chi connectivity index (χ4n) is 6.30. The molecular weight excluding hydrogens is 493 g/mol. The summed E-state index contributed by atoms with van der Waals surface area (Å²) in [6, 6.07) is 4.46. The summed E-state index contributed by atoms with van der Waals surface area (Å²) in [6.45, 7) is 12.6. The second kappa shape index (κ2) is 11.1. The van der Waals surface area contributed by atoms with Gasteiger partial charge >= 0.3 is 0 Å². The molecule has 2 atom stereocenters. The second-order valence-electron chi connectivity index (χ2n) is 11.8. The van der Waals surface area contributed by atoms with Gasteiger partial charge in [0.1, 0.15) is 5.82 Å². The van der Waals surface area contributed by atoms with Crippen molar-refractivity contribution in [2.45, 2.75) is 53.0 Å². The molecule has 0 radical (unpaired) electrons. The number of rotatable bonds is 7. The van der Waals surface area contributed by atoms with Crippen LogP contribution in [0.4, 0.5) is 4.39 Å². The minimum atomic E-state index is -0.426. The van der Waals surface area contributed by atoms with Gasteiger partial charge in [-0.25, -0.2) is 4.39 Å². The number of carbonyl (C=O) groups is 2. The Morgan fingerprint density at radius 1 is 1.13 bits per heavy atom. The minimum Gasteiger partial charge on any atom is -0.343 e. The topological polar surface area (TPSA) is 61.7 Å². The van der Waals surface area contributed by atoms with Crippen molar-refractivity contribution in [1.82, 2.24) is 24.3 Å². The number of benzene rings is 1. The predicted octanol–water partition coefficient (Wildman–Crippen LogP) is 4.69. The molecule has 0 bridgehead atoms. The predicted molar refractivity (Wildman–Crippen MR) is 152 cm³/mol. The molecule has 2 amide bonds. The van der Waals surface area contributed by atoms with Crippen LogP contribution in [0.25, 0.3) is 16.6 Å². The van der Waals surface area contributed by atoms with Crippen LogP contribution in [0.3, 0.4) is 0 Å². The monoisotopic (exact) mass is 533 g/mol. The first kappa shape index (κ1) is 27.3. The third kappa shape index (κ3) is 5.57. The van der Waals surface area contributed by atoms with Gasteiger partial charge in [0.2, 0.25) is 5.91 Å². The summed E-state index contributed by atoms with van der Waals surface area (Å²) in [4.78, 5) is 35.7. The highest BCUT2D eigenvalue weighted by Gasteiger charge is 2.30. The number of amides is 2. The highest BCUT2D eigenvalue weighted by molar-refractivity contribution is 5.99. The van der Waals surface area contributed by atoms with Gasteiger partial charge in [-0.1, -0.05) is 0 Å². The standard InChI is InChI=1S/C31H40FN5O2/c1-20(2)34(5)31(39)27-13-26(32)6-7-28(27)37-19-25(30-21(3)14-33-15-29(30)37)12-23-8-10-35(16-23)17-24-9-11-36(18-24)22(4)38/h6-7,13-15,19-20,23-24H,8-12,16-18H2,1-5H3/t23-,24+/m1/s1. The van der Waals surface area contributed by atoms with Crippen molar-refractivity contribution >= 4 is 22.7 Å². The van der Waals surface area contributed by atoms with Crippen LogP contribution in [0.15, 0.2) is 36.8 Å². The van der Waals surface area contributed by atoms with Crippen LogP contribution in [-0.4, -0.2) is 81.9 Å². The fourth-order valence-corrected chi connectivity index (χ4v) is 6.30. The molecule has 7 nitrogen and oxygen atoms in total. The lowest BCUT2D eigenvalue weighted by Crippen LogP contribution is -2.33. The first-order valence-corrected chi connectivity index (χ1v) is 14.1. The molecular formula is C31H40FN5O2. The highest BCUT2D eigenvalue weighted by Crippen LogP contribution is 2.33. The van der Waals surface area contributed by atoms with Crippen molar-refractivity contribution in [3.8, 4) is 5.69 Å². The Morgan fingerprint density at radius 2 is 1.90 bits per heavy atom. The number of fused-ring (bicyclic) bond motifs is 1. The Kier molecular flexibility index (Phi) is 7.76. The maximum absolute atomic E-state index is 14.4. The van der Waals surface area contributed by atoms with Crippen molar-refractivity contribution in [3.05, 3.63) is 59.3 Å². The first-order valence-electron chi connectivity index (χ1n) is 14.1. The molecule has 0 spiro atoms. The smallest absolute Gasteiger partial charge is 0.256 e. The Balaban J connectivity index is 1.41. The summed E-state index contributed by atoms with van der Waals surface area (Å²) in [7, 11) is 1.75. The van der Waals surface area contributed by atoms with Crippen molar-refractivity contribution in [2.75, 3.05) is 39.8 Å². The third-order valence-electron chi connectivity index (χ3n) is 8.65. The van der Waals surface area contributed by atoms with Crippen LogP contribution in [0.2, 0.25) is 0 Å². The number of pyridine rings is 1. The normalized spacial score (nSPS) is 19.9. The van der Waals surface area contributed by atoms with Gasteiger partial charge in [-0.05, 0) is 87.7 Å². The highest BCUT2D eigenvalue weighted by atomic mass is 19.1. The molecule has 2 aromatic heterocycles. The van der Waals surface area contributed by atoms with Crippen LogP contribution in [0.5, 0.6) is 0 Å². The van der Waals surface area contributed by atoms with Crippen LogP contribution < -0.4 is 0 Å². The van der Waals surface area contributed by atoms with Crippen molar-refractivity contribution < 1.29 is 14.0 Å². The number of hydrogen-bond donors (Lipinski definition) is 0. The maximum Gasteiger partial charge on any atom is 0.256 e. The average Bonchev–Trinajstić information content (AvgIpc) is 3.63. The Labute approximate surface area is 230 Å². The summed E-state index contributed by atoms with van der Waals surface area (Å²) in [5, 5.41) is 1.16. The Hall–Kier alpha value is -3.26. The molecule has 3 aromatic rings. The molecule has 0 saturated carbocycles. The number of carbonyl (C=O) groups excluding carboxylic acids is 2. The summed E-state index contributed by atoms with van der Waals surface area (Å²) in [6.07, 6.45) is 9.03. The maximum atomic E-state index is 14.4. The van der Waals surface area contributed by atoms with Crippen LogP contribution in [-0.2, 0) is 11.2 Å². The van der Waals surface area contributed by atoms with Crippen LogP contribution >= 0.6 is 0 Å². The van der Waals surface area contributed by atoms with Gasteiger partial charge < -0.3 is 19.3 Å². The molecule has 2 fully saturated rings. The minimum absolute atomic E-state index is 0.00502. The van der Waals surface area contributed by atoms with E-state index in [0.29, 0.717) is 23.1 Å². The zero-order valence-corrected chi connectivity index (χ0v) is 23.8. The Bertz CT molecular complexity index is 1380. The molecule has 8 heteroatoms. The molecule has 5 rings (SSSR count). The summed E-state index contributed by atoms with van der Waals surface area (Å²) >= 11 is 0. The first-order chi connectivity index (χ1) is 18.6. The van der Waals surface area contributed by atoms with Gasteiger partial charge in [-0.2, -0.15) is 0 Å². The fraction of sp³-hybridized carbons (Fsp3) is 0.516. The van der Waals surface area contributed by atoms with E-state index in [1.54, 1.807) is 24.9 Å². The second-order valence-corrected chi connectivity index (χ2v) is 11.8. The van der Waals surface area contributed by atoms with Crippen LogP contribution in [0, 0.1) is 24.6 Å². The van der Waals surface area contributed by atoms with Crippen molar-refractivity contribution in [3.63, 3.8) is 0 Å². The lowest BCUT2D eigenvalue weighted by atomic mass is 9.97. The van der Waals surface area contributed by atoms with E-state index in [2.05, 4.69) is 23.0 Å².